The van der Waals surface area contributed by atoms with Gasteiger partial charge in [-0.1, -0.05) is 11.6 Å². The van der Waals surface area contributed by atoms with Crippen molar-refractivity contribution in [1.29, 1.82) is 5.26 Å². The molecule has 0 amide bonds. The Bertz CT molecular complexity index is 863. The van der Waals surface area contributed by atoms with Crippen LogP contribution in [0.15, 0.2) is 33.9 Å². The van der Waals surface area contributed by atoms with Gasteiger partial charge in [0.15, 0.2) is 5.56 Å². The lowest BCUT2D eigenvalue weighted by molar-refractivity contribution is 0.332. The number of benzene rings is 1. The number of nitriles is 1. The van der Waals surface area contributed by atoms with E-state index < -0.39 is 11.2 Å². The third-order valence-corrected chi connectivity index (χ3v) is 3.51. The van der Waals surface area contributed by atoms with Crippen LogP contribution in [0.5, 0.6) is 5.75 Å². The number of ether oxygens (including phenoxy) is 1. The first-order valence-corrected chi connectivity index (χ1v) is 7.16. The molecule has 1 heterocycles. The molecule has 8 heteroatoms. The van der Waals surface area contributed by atoms with Crippen molar-refractivity contribution in [3.63, 3.8) is 0 Å². The number of nitrogens with zero attached hydrogens (tertiary/aromatic N) is 3. The Morgan fingerprint density at radius 1 is 1.22 bits per heavy atom. The van der Waals surface area contributed by atoms with Gasteiger partial charge in [-0.3, -0.25) is 13.9 Å². The summed E-state index contributed by atoms with van der Waals surface area (Å²) in [4.78, 5) is 23.8. The summed E-state index contributed by atoms with van der Waals surface area (Å²) in [6.07, 6.45) is 0. The number of halogens is 1. The quantitative estimate of drug-likeness (QED) is 0.827. The highest BCUT2D eigenvalue weighted by Crippen LogP contribution is 2.15. The standard InChI is InChI=1S/C15H15ClN4O3/c1-19-13(12(9-17)14(21)20(2)15(19)22)18-7-8-23-11-5-3-10(16)4-6-11/h3-6,18H,7-8H2,1-2H3. The van der Waals surface area contributed by atoms with Crippen molar-refractivity contribution in [3.05, 3.63) is 55.7 Å². The van der Waals surface area contributed by atoms with Crippen molar-refractivity contribution in [2.24, 2.45) is 14.1 Å². The lowest BCUT2D eigenvalue weighted by atomic mass is 10.3. The molecule has 0 spiro atoms. The number of hydrogen-bond acceptors (Lipinski definition) is 5. The lowest BCUT2D eigenvalue weighted by Crippen LogP contribution is -2.40. The maximum atomic E-state index is 11.9. The molecule has 120 valence electrons. The second kappa shape index (κ2) is 7.03. The fraction of sp³-hybridized carbons (Fsp3) is 0.267. The van der Waals surface area contributed by atoms with Gasteiger partial charge in [-0.2, -0.15) is 5.26 Å². The normalized spacial score (nSPS) is 10.2. The van der Waals surface area contributed by atoms with Gasteiger partial charge in [-0.05, 0) is 24.3 Å². The van der Waals surface area contributed by atoms with E-state index in [1.54, 1.807) is 24.3 Å². The molecule has 23 heavy (non-hydrogen) atoms. The zero-order chi connectivity index (χ0) is 17.0. The van der Waals surface area contributed by atoms with Gasteiger partial charge in [0.25, 0.3) is 5.56 Å². The minimum Gasteiger partial charge on any atom is -0.492 e. The summed E-state index contributed by atoms with van der Waals surface area (Å²) in [6.45, 7) is 0.605. The highest BCUT2D eigenvalue weighted by Gasteiger charge is 2.14. The zero-order valence-corrected chi connectivity index (χ0v) is 13.4. The summed E-state index contributed by atoms with van der Waals surface area (Å²) in [5, 5.41) is 12.7. The topological polar surface area (TPSA) is 89.1 Å². The molecule has 0 radical (unpaired) electrons. The Kier molecular flexibility index (Phi) is 5.09. The van der Waals surface area contributed by atoms with Crippen LogP contribution in [0.4, 0.5) is 5.82 Å². The average Bonchev–Trinajstić information content (AvgIpc) is 2.55. The van der Waals surface area contributed by atoms with Gasteiger partial charge < -0.3 is 10.1 Å². The van der Waals surface area contributed by atoms with Gasteiger partial charge in [0.2, 0.25) is 0 Å². The molecule has 1 N–H and O–H groups in total. The minimum atomic E-state index is -0.628. The fourth-order valence-corrected chi connectivity index (χ4v) is 2.15. The van der Waals surface area contributed by atoms with E-state index in [4.69, 9.17) is 21.6 Å². The van der Waals surface area contributed by atoms with Crippen LogP contribution in [0.3, 0.4) is 0 Å². The molecule has 1 aromatic carbocycles. The Hall–Kier alpha value is -2.72. The SMILES string of the molecule is Cn1c(NCCOc2ccc(Cl)cc2)c(C#N)c(=O)n(C)c1=O. The Labute approximate surface area is 137 Å². The maximum absolute atomic E-state index is 11.9. The van der Waals surface area contributed by atoms with Crippen LogP contribution >= 0.6 is 11.6 Å². The van der Waals surface area contributed by atoms with E-state index in [0.717, 1.165) is 4.57 Å². The summed E-state index contributed by atoms with van der Waals surface area (Å²) >= 11 is 5.78. The number of hydrogen-bond donors (Lipinski definition) is 1. The van der Waals surface area contributed by atoms with Crippen LogP contribution in [0.25, 0.3) is 0 Å². The van der Waals surface area contributed by atoms with Crippen LogP contribution < -0.4 is 21.3 Å². The molecule has 0 bridgehead atoms. The molecule has 0 unspecified atom stereocenters. The van der Waals surface area contributed by atoms with E-state index in [9.17, 15) is 9.59 Å². The first-order valence-electron chi connectivity index (χ1n) is 6.78. The Morgan fingerprint density at radius 2 is 1.87 bits per heavy atom. The minimum absolute atomic E-state index is 0.110. The van der Waals surface area contributed by atoms with Crippen molar-refractivity contribution in [2.45, 2.75) is 0 Å². The molecule has 2 aromatic rings. The van der Waals surface area contributed by atoms with E-state index in [2.05, 4.69) is 5.32 Å². The molecular weight excluding hydrogens is 320 g/mol. The number of rotatable bonds is 5. The Morgan fingerprint density at radius 3 is 2.48 bits per heavy atom. The molecule has 0 aliphatic heterocycles. The van der Waals surface area contributed by atoms with Gasteiger partial charge in [0.1, 0.15) is 24.2 Å². The summed E-state index contributed by atoms with van der Waals surface area (Å²) < 4.78 is 7.63. The van der Waals surface area contributed by atoms with Gasteiger partial charge >= 0.3 is 5.69 Å². The number of aromatic nitrogens is 2. The van der Waals surface area contributed by atoms with Crippen molar-refractivity contribution >= 4 is 17.4 Å². The molecule has 2 rings (SSSR count). The first kappa shape index (κ1) is 16.6. The maximum Gasteiger partial charge on any atom is 0.332 e. The number of anilines is 1. The van der Waals surface area contributed by atoms with Gasteiger partial charge in [0.05, 0.1) is 6.54 Å². The van der Waals surface area contributed by atoms with E-state index in [1.165, 1.54) is 18.7 Å². The van der Waals surface area contributed by atoms with Crippen LogP contribution in [0, 0.1) is 11.3 Å². The second-order valence-electron chi connectivity index (χ2n) is 4.77. The molecule has 7 nitrogen and oxygen atoms in total. The molecular formula is C15H15ClN4O3. The van der Waals surface area contributed by atoms with Gasteiger partial charge in [-0.25, -0.2) is 4.79 Å². The summed E-state index contributed by atoms with van der Waals surface area (Å²) in [6, 6.07) is 8.71. The second-order valence-corrected chi connectivity index (χ2v) is 5.21. The molecule has 0 aliphatic rings. The van der Waals surface area contributed by atoms with E-state index in [0.29, 0.717) is 17.3 Å². The molecule has 1 aromatic heterocycles. The first-order chi connectivity index (χ1) is 11.0. The largest absolute Gasteiger partial charge is 0.492 e. The van der Waals surface area contributed by atoms with Crippen molar-refractivity contribution in [2.75, 3.05) is 18.5 Å². The van der Waals surface area contributed by atoms with Crippen molar-refractivity contribution in [3.8, 4) is 11.8 Å². The molecule has 0 aliphatic carbocycles. The van der Waals surface area contributed by atoms with Crippen LogP contribution in [-0.4, -0.2) is 22.3 Å². The fourth-order valence-electron chi connectivity index (χ4n) is 2.02. The Balaban J connectivity index is 2.09. The molecule has 0 saturated heterocycles. The highest BCUT2D eigenvalue weighted by molar-refractivity contribution is 6.30. The summed E-state index contributed by atoms with van der Waals surface area (Å²) in [5.41, 5.74) is -1.24. The third-order valence-electron chi connectivity index (χ3n) is 3.25. The number of nitrogens with one attached hydrogen (secondary N) is 1. The predicted molar refractivity (Wildman–Crippen MR) is 87.1 cm³/mol. The average molecular weight is 335 g/mol. The van der Waals surface area contributed by atoms with Crippen molar-refractivity contribution < 1.29 is 4.74 Å². The zero-order valence-electron chi connectivity index (χ0n) is 12.7. The molecule has 0 atom stereocenters. The van der Waals surface area contributed by atoms with Crippen molar-refractivity contribution in [1.82, 2.24) is 9.13 Å². The van der Waals surface area contributed by atoms with Gasteiger partial charge in [-0.15, -0.1) is 0 Å². The summed E-state index contributed by atoms with van der Waals surface area (Å²) in [7, 11) is 2.82. The van der Waals surface area contributed by atoms with E-state index >= 15 is 0 Å². The van der Waals surface area contributed by atoms with Gasteiger partial charge in [0, 0.05) is 19.1 Å². The predicted octanol–water partition coefficient (Wildman–Crippen LogP) is 1.10. The van der Waals surface area contributed by atoms with E-state index in [-0.39, 0.29) is 18.0 Å². The van der Waals surface area contributed by atoms with Crippen LogP contribution in [0.2, 0.25) is 5.02 Å². The highest BCUT2D eigenvalue weighted by atomic mass is 35.5. The van der Waals surface area contributed by atoms with Crippen LogP contribution in [0.1, 0.15) is 5.56 Å². The smallest absolute Gasteiger partial charge is 0.332 e. The summed E-state index contributed by atoms with van der Waals surface area (Å²) in [5.74, 6) is 0.829. The van der Waals surface area contributed by atoms with Crippen LogP contribution in [-0.2, 0) is 14.1 Å². The third kappa shape index (κ3) is 3.55. The molecule has 0 saturated carbocycles. The molecule has 0 fully saturated rings. The van der Waals surface area contributed by atoms with E-state index in [1.807, 2.05) is 6.07 Å². The lowest BCUT2D eigenvalue weighted by Gasteiger charge is -2.14. The monoisotopic (exact) mass is 334 g/mol.